The SMILES string of the molecule is CN(C)CC(=O)c1ccc2c(c1)CCN2S(=O)(=O)c1ccccc1. The Hall–Kier alpha value is -2.18. The number of sulfonamides is 1. The van der Waals surface area contributed by atoms with Crippen LogP contribution >= 0.6 is 0 Å². The molecular weight excluding hydrogens is 324 g/mol. The molecule has 0 spiro atoms. The lowest BCUT2D eigenvalue weighted by Crippen LogP contribution is -2.29. The minimum absolute atomic E-state index is 0.0344. The number of hydrogen-bond donors (Lipinski definition) is 0. The predicted molar refractivity (Wildman–Crippen MR) is 94.0 cm³/mol. The molecule has 1 heterocycles. The van der Waals surface area contributed by atoms with E-state index in [-0.39, 0.29) is 10.7 Å². The Morgan fingerprint density at radius 1 is 1.12 bits per heavy atom. The van der Waals surface area contributed by atoms with Crippen molar-refractivity contribution < 1.29 is 13.2 Å². The molecule has 2 aromatic carbocycles. The molecular formula is C18H20N2O3S. The van der Waals surface area contributed by atoms with Crippen LogP contribution in [0, 0.1) is 0 Å². The molecule has 5 nitrogen and oxygen atoms in total. The van der Waals surface area contributed by atoms with E-state index in [1.165, 1.54) is 4.31 Å². The van der Waals surface area contributed by atoms with Gasteiger partial charge >= 0.3 is 0 Å². The maximum atomic E-state index is 12.8. The van der Waals surface area contributed by atoms with Crippen molar-refractivity contribution >= 4 is 21.5 Å². The largest absolute Gasteiger partial charge is 0.302 e. The predicted octanol–water partition coefficient (Wildman–Crippen LogP) is 2.18. The van der Waals surface area contributed by atoms with Crippen molar-refractivity contribution in [2.45, 2.75) is 11.3 Å². The van der Waals surface area contributed by atoms with Gasteiger partial charge in [-0.25, -0.2) is 8.42 Å². The molecule has 0 N–H and O–H groups in total. The molecule has 0 saturated heterocycles. The van der Waals surface area contributed by atoms with Crippen LogP contribution in [0.3, 0.4) is 0 Å². The second-order valence-corrected chi connectivity index (χ2v) is 8.01. The minimum Gasteiger partial charge on any atom is -0.302 e. The summed E-state index contributed by atoms with van der Waals surface area (Å²) in [6.07, 6.45) is 0.616. The zero-order valence-corrected chi connectivity index (χ0v) is 14.6. The second kappa shape index (κ2) is 6.37. The smallest absolute Gasteiger partial charge is 0.264 e. The molecule has 6 heteroatoms. The quantitative estimate of drug-likeness (QED) is 0.780. The Labute approximate surface area is 142 Å². The highest BCUT2D eigenvalue weighted by molar-refractivity contribution is 7.92. The number of anilines is 1. The van der Waals surface area contributed by atoms with Crippen molar-refractivity contribution in [3.63, 3.8) is 0 Å². The topological polar surface area (TPSA) is 57.7 Å². The first kappa shape index (κ1) is 16.7. The summed E-state index contributed by atoms with van der Waals surface area (Å²) in [5, 5.41) is 0. The zero-order valence-electron chi connectivity index (χ0n) is 13.8. The third kappa shape index (κ3) is 3.07. The van der Waals surface area contributed by atoms with Gasteiger partial charge in [0.2, 0.25) is 0 Å². The first-order valence-corrected chi connectivity index (χ1v) is 9.22. The van der Waals surface area contributed by atoms with Crippen LogP contribution in [0.4, 0.5) is 5.69 Å². The van der Waals surface area contributed by atoms with Gasteiger partial charge in [0.15, 0.2) is 5.78 Å². The number of Topliss-reactive ketones (excluding diaryl/α,β-unsaturated/α-hetero) is 1. The van der Waals surface area contributed by atoms with E-state index in [9.17, 15) is 13.2 Å². The maximum absolute atomic E-state index is 12.8. The van der Waals surface area contributed by atoms with Gasteiger partial charge < -0.3 is 4.90 Å². The summed E-state index contributed by atoms with van der Waals surface area (Å²) >= 11 is 0. The van der Waals surface area contributed by atoms with Gasteiger partial charge in [-0.2, -0.15) is 0 Å². The maximum Gasteiger partial charge on any atom is 0.264 e. The van der Waals surface area contributed by atoms with Crippen LogP contribution in [0.2, 0.25) is 0 Å². The van der Waals surface area contributed by atoms with Crippen molar-refractivity contribution in [2.24, 2.45) is 0 Å². The number of hydrogen-bond acceptors (Lipinski definition) is 4. The van der Waals surface area contributed by atoms with E-state index in [0.29, 0.717) is 30.8 Å². The molecule has 0 amide bonds. The number of carbonyl (C=O) groups excluding carboxylic acids is 1. The van der Waals surface area contributed by atoms with Crippen LogP contribution in [0.5, 0.6) is 0 Å². The van der Waals surface area contributed by atoms with Crippen molar-refractivity contribution in [1.82, 2.24) is 4.90 Å². The Morgan fingerprint density at radius 3 is 2.50 bits per heavy atom. The summed E-state index contributed by atoms with van der Waals surface area (Å²) in [5.41, 5.74) is 2.20. The van der Waals surface area contributed by atoms with Crippen LogP contribution in [0.1, 0.15) is 15.9 Å². The molecule has 0 saturated carbocycles. The summed E-state index contributed by atoms with van der Waals surface area (Å²) in [4.78, 5) is 14.3. The molecule has 0 atom stereocenters. The molecule has 0 radical (unpaired) electrons. The van der Waals surface area contributed by atoms with Gasteiger partial charge in [-0.15, -0.1) is 0 Å². The van der Waals surface area contributed by atoms with Gasteiger partial charge in [0.1, 0.15) is 0 Å². The van der Waals surface area contributed by atoms with Crippen molar-refractivity contribution in [1.29, 1.82) is 0 Å². The minimum atomic E-state index is -3.56. The van der Waals surface area contributed by atoms with Crippen LogP contribution < -0.4 is 4.31 Å². The molecule has 1 aliphatic rings. The van der Waals surface area contributed by atoms with E-state index in [1.807, 2.05) is 25.1 Å². The summed E-state index contributed by atoms with van der Waals surface area (Å²) in [6, 6.07) is 13.7. The standard InChI is InChI=1S/C18H20N2O3S/c1-19(2)13-18(21)15-8-9-17-14(12-15)10-11-20(17)24(22,23)16-6-4-3-5-7-16/h3-9,12H,10-11,13H2,1-2H3. The van der Waals surface area contributed by atoms with Crippen LogP contribution in [-0.4, -0.2) is 46.3 Å². The Balaban J connectivity index is 1.92. The molecule has 0 aliphatic carbocycles. The van der Waals surface area contributed by atoms with E-state index in [4.69, 9.17) is 0 Å². The highest BCUT2D eigenvalue weighted by Gasteiger charge is 2.31. The monoisotopic (exact) mass is 344 g/mol. The number of likely N-dealkylation sites (N-methyl/N-ethyl adjacent to an activating group) is 1. The van der Waals surface area contributed by atoms with Gasteiger partial charge in [-0.3, -0.25) is 9.10 Å². The number of nitrogens with zero attached hydrogens (tertiary/aromatic N) is 2. The summed E-state index contributed by atoms with van der Waals surface area (Å²) in [6.45, 7) is 0.739. The van der Waals surface area contributed by atoms with Gasteiger partial charge in [0, 0.05) is 12.1 Å². The second-order valence-electron chi connectivity index (χ2n) is 6.14. The highest BCUT2D eigenvalue weighted by Crippen LogP contribution is 2.33. The van der Waals surface area contributed by atoms with Crippen molar-refractivity contribution in [3.05, 3.63) is 59.7 Å². The first-order chi connectivity index (χ1) is 11.4. The number of benzene rings is 2. The number of carbonyl (C=O) groups is 1. The van der Waals surface area contributed by atoms with Gasteiger partial charge in [0.05, 0.1) is 17.1 Å². The molecule has 0 aromatic heterocycles. The molecule has 3 rings (SSSR count). The molecule has 2 aromatic rings. The van der Waals surface area contributed by atoms with Gasteiger partial charge in [-0.05, 0) is 56.4 Å². The van der Waals surface area contributed by atoms with Gasteiger partial charge in [-0.1, -0.05) is 18.2 Å². The third-order valence-electron chi connectivity index (χ3n) is 4.05. The lowest BCUT2D eigenvalue weighted by Gasteiger charge is -2.19. The molecule has 1 aliphatic heterocycles. The summed E-state index contributed by atoms with van der Waals surface area (Å²) < 4.78 is 27.1. The van der Waals surface area contributed by atoms with Gasteiger partial charge in [0.25, 0.3) is 10.0 Å². The van der Waals surface area contributed by atoms with E-state index in [1.54, 1.807) is 42.5 Å². The fourth-order valence-corrected chi connectivity index (χ4v) is 4.42. The Bertz CT molecular complexity index is 861. The average Bonchev–Trinajstić information content (AvgIpc) is 2.98. The van der Waals surface area contributed by atoms with Crippen molar-refractivity contribution in [3.8, 4) is 0 Å². The van der Waals surface area contributed by atoms with Crippen LogP contribution in [0.25, 0.3) is 0 Å². The Kier molecular flexibility index (Phi) is 4.43. The molecule has 126 valence electrons. The fourth-order valence-electron chi connectivity index (χ4n) is 2.89. The summed E-state index contributed by atoms with van der Waals surface area (Å²) in [7, 11) is 0.129. The molecule has 24 heavy (non-hydrogen) atoms. The highest BCUT2D eigenvalue weighted by atomic mass is 32.2. The summed E-state index contributed by atoms with van der Waals surface area (Å²) in [5.74, 6) is 0.0344. The molecule has 0 bridgehead atoms. The fraction of sp³-hybridized carbons (Fsp3) is 0.278. The lowest BCUT2D eigenvalue weighted by molar-refractivity contribution is 0.0958. The molecule has 0 unspecified atom stereocenters. The third-order valence-corrected chi connectivity index (χ3v) is 5.87. The van der Waals surface area contributed by atoms with E-state index < -0.39 is 10.0 Å². The number of fused-ring (bicyclic) bond motifs is 1. The van der Waals surface area contributed by atoms with Crippen LogP contribution in [0.15, 0.2) is 53.4 Å². The first-order valence-electron chi connectivity index (χ1n) is 7.78. The van der Waals surface area contributed by atoms with E-state index in [2.05, 4.69) is 0 Å². The van der Waals surface area contributed by atoms with E-state index >= 15 is 0 Å². The number of rotatable bonds is 5. The average molecular weight is 344 g/mol. The lowest BCUT2D eigenvalue weighted by atomic mass is 10.1. The van der Waals surface area contributed by atoms with E-state index in [0.717, 1.165) is 5.56 Å². The molecule has 0 fully saturated rings. The Morgan fingerprint density at radius 2 is 1.83 bits per heavy atom. The zero-order chi connectivity index (χ0) is 17.3. The van der Waals surface area contributed by atoms with Crippen molar-refractivity contribution in [2.75, 3.05) is 31.5 Å². The normalized spacial score (nSPS) is 14.0. The van der Waals surface area contributed by atoms with Crippen LogP contribution in [-0.2, 0) is 16.4 Å². The number of ketones is 1.